The zero-order valence-corrected chi connectivity index (χ0v) is 12.5. The summed E-state index contributed by atoms with van der Waals surface area (Å²) in [5.74, 6) is -0.378. The molecule has 0 saturated heterocycles. The van der Waals surface area contributed by atoms with Gasteiger partial charge >= 0.3 is 0 Å². The highest BCUT2D eigenvalue weighted by atomic mass is 32.1. The van der Waals surface area contributed by atoms with Crippen molar-refractivity contribution in [1.29, 1.82) is 5.41 Å². The van der Waals surface area contributed by atoms with Crippen LogP contribution < -0.4 is 5.73 Å². The van der Waals surface area contributed by atoms with Gasteiger partial charge in [0.15, 0.2) is 0 Å². The SMILES string of the molecule is N=C(N)c1ccc(CN(Cc2ccsc2)C2CC2)c(F)c1. The molecule has 3 nitrogen and oxygen atoms in total. The molecule has 0 bridgehead atoms. The Balaban J connectivity index is 1.75. The van der Waals surface area contributed by atoms with Gasteiger partial charge in [-0.25, -0.2) is 4.39 Å². The fraction of sp³-hybridized carbons (Fsp3) is 0.312. The minimum absolute atomic E-state index is 0.0993. The number of hydrogen-bond acceptors (Lipinski definition) is 3. The third kappa shape index (κ3) is 3.49. The van der Waals surface area contributed by atoms with E-state index in [1.54, 1.807) is 23.5 Å². The van der Waals surface area contributed by atoms with Crippen molar-refractivity contribution in [3.63, 3.8) is 0 Å². The lowest BCUT2D eigenvalue weighted by atomic mass is 10.1. The van der Waals surface area contributed by atoms with Crippen LogP contribution in [0.1, 0.15) is 29.5 Å². The maximum atomic E-state index is 14.2. The maximum Gasteiger partial charge on any atom is 0.128 e. The Morgan fingerprint density at radius 2 is 2.14 bits per heavy atom. The van der Waals surface area contributed by atoms with E-state index in [9.17, 15) is 4.39 Å². The molecule has 21 heavy (non-hydrogen) atoms. The summed E-state index contributed by atoms with van der Waals surface area (Å²) in [6, 6.07) is 7.51. The number of nitrogens with zero attached hydrogens (tertiary/aromatic N) is 1. The summed E-state index contributed by atoms with van der Waals surface area (Å²) in [4.78, 5) is 2.33. The normalized spacial score (nSPS) is 14.6. The van der Waals surface area contributed by atoms with E-state index in [-0.39, 0.29) is 11.7 Å². The second-order valence-corrected chi connectivity index (χ2v) is 6.27. The van der Waals surface area contributed by atoms with Gasteiger partial charge in [-0.15, -0.1) is 0 Å². The number of nitrogens with one attached hydrogen (secondary N) is 1. The number of rotatable bonds is 6. The molecule has 1 aliphatic carbocycles. The number of halogens is 1. The first kappa shape index (κ1) is 14.2. The monoisotopic (exact) mass is 303 g/mol. The molecule has 1 saturated carbocycles. The maximum absolute atomic E-state index is 14.2. The molecular weight excluding hydrogens is 285 g/mol. The summed E-state index contributed by atoms with van der Waals surface area (Å²) < 4.78 is 14.2. The second kappa shape index (κ2) is 5.95. The molecule has 0 atom stereocenters. The third-order valence-electron chi connectivity index (χ3n) is 3.77. The van der Waals surface area contributed by atoms with Gasteiger partial charge in [0, 0.05) is 30.3 Å². The minimum Gasteiger partial charge on any atom is -0.384 e. The number of nitrogen functional groups attached to an aromatic ring is 1. The highest BCUT2D eigenvalue weighted by Gasteiger charge is 2.29. The number of thiophene rings is 1. The Hall–Kier alpha value is -1.72. The molecular formula is C16H18FN3S. The Bertz CT molecular complexity index is 635. The molecule has 0 spiro atoms. The average Bonchev–Trinajstić information content (AvgIpc) is 3.18. The van der Waals surface area contributed by atoms with Gasteiger partial charge in [-0.1, -0.05) is 12.1 Å². The van der Waals surface area contributed by atoms with Crippen molar-refractivity contribution in [3.05, 3.63) is 57.5 Å². The van der Waals surface area contributed by atoms with Crippen molar-refractivity contribution >= 4 is 17.2 Å². The smallest absolute Gasteiger partial charge is 0.128 e. The van der Waals surface area contributed by atoms with E-state index in [0.717, 1.165) is 6.54 Å². The zero-order valence-electron chi connectivity index (χ0n) is 11.7. The van der Waals surface area contributed by atoms with Crippen LogP contribution in [0.3, 0.4) is 0 Å². The van der Waals surface area contributed by atoms with Crippen LogP contribution in [-0.4, -0.2) is 16.8 Å². The molecule has 1 aliphatic rings. The van der Waals surface area contributed by atoms with Crippen LogP contribution in [0.25, 0.3) is 0 Å². The van der Waals surface area contributed by atoms with Gasteiger partial charge in [-0.05, 0) is 41.3 Å². The predicted octanol–water partition coefficient (Wildman–Crippen LogP) is 3.34. The van der Waals surface area contributed by atoms with Gasteiger partial charge < -0.3 is 5.73 Å². The Morgan fingerprint density at radius 1 is 1.33 bits per heavy atom. The lowest BCUT2D eigenvalue weighted by Gasteiger charge is -2.22. The molecule has 2 aromatic rings. The summed E-state index contributed by atoms with van der Waals surface area (Å²) in [5.41, 5.74) is 7.78. The average molecular weight is 303 g/mol. The van der Waals surface area contributed by atoms with Crippen LogP contribution in [0.4, 0.5) is 4.39 Å². The van der Waals surface area contributed by atoms with Gasteiger partial charge in [-0.2, -0.15) is 11.3 Å². The predicted molar refractivity (Wildman–Crippen MR) is 84.0 cm³/mol. The van der Waals surface area contributed by atoms with Gasteiger partial charge in [0.05, 0.1) is 0 Å². The van der Waals surface area contributed by atoms with Crippen LogP contribution in [-0.2, 0) is 13.1 Å². The molecule has 1 aromatic carbocycles. The summed E-state index contributed by atoms with van der Waals surface area (Å²) in [7, 11) is 0. The molecule has 0 amide bonds. The lowest BCUT2D eigenvalue weighted by molar-refractivity contribution is 0.242. The van der Waals surface area contributed by atoms with E-state index < -0.39 is 0 Å². The molecule has 3 N–H and O–H groups in total. The Kier molecular flexibility index (Phi) is 4.03. The quantitative estimate of drug-likeness (QED) is 0.635. The Labute approximate surface area is 127 Å². The zero-order chi connectivity index (χ0) is 14.8. The first-order valence-corrected chi connectivity index (χ1v) is 7.95. The second-order valence-electron chi connectivity index (χ2n) is 5.49. The van der Waals surface area contributed by atoms with Crippen molar-refractivity contribution in [3.8, 4) is 0 Å². The lowest BCUT2D eigenvalue weighted by Crippen LogP contribution is -2.25. The van der Waals surface area contributed by atoms with Crippen LogP contribution in [0.5, 0.6) is 0 Å². The van der Waals surface area contributed by atoms with Crippen LogP contribution in [0, 0.1) is 11.2 Å². The molecule has 3 rings (SSSR count). The first-order valence-electron chi connectivity index (χ1n) is 7.01. The summed E-state index contributed by atoms with van der Waals surface area (Å²) in [6.45, 7) is 1.46. The van der Waals surface area contributed by atoms with E-state index in [2.05, 4.69) is 21.7 Å². The fourth-order valence-corrected chi connectivity index (χ4v) is 3.09. The van der Waals surface area contributed by atoms with Crippen molar-refractivity contribution < 1.29 is 4.39 Å². The van der Waals surface area contributed by atoms with Crippen molar-refractivity contribution in [1.82, 2.24) is 4.90 Å². The molecule has 0 aliphatic heterocycles. The molecule has 1 aromatic heterocycles. The van der Waals surface area contributed by atoms with E-state index in [0.29, 0.717) is 23.7 Å². The van der Waals surface area contributed by atoms with Crippen molar-refractivity contribution in [2.24, 2.45) is 5.73 Å². The van der Waals surface area contributed by atoms with E-state index in [4.69, 9.17) is 11.1 Å². The van der Waals surface area contributed by atoms with Gasteiger partial charge in [0.2, 0.25) is 0 Å². The summed E-state index contributed by atoms with van der Waals surface area (Å²) in [5, 5.41) is 11.6. The topological polar surface area (TPSA) is 53.1 Å². The van der Waals surface area contributed by atoms with Crippen molar-refractivity contribution in [2.45, 2.75) is 32.0 Å². The highest BCUT2D eigenvalue weighted by molar-refractivity contribution is 7.07. The van der Waals surface area contributed by atoms with Gasteiger partial charge in [-0.3, -0.25) is 10.3 Å². The number of benzene rings is 1. The highest BCUT2D eigenvalue weighted by Crippen LogP contribution is 2.30. The third-order valence-corrected chi connectivity index (χ3v) is 4.50. The summed E-state index contributed by atoms with van der Waals surface area (Å²) >= 11 is 1.69. The standard InChI is InChI=1S/C16H18FN3S/c17-15-7-12(16(18)19)1-2-13(15)9-20(14-3-4-14)8-11-5-6-21-10-11/h1-2,5-7,10,14H,3-4,8-9H2,(H3,18,19). The molecule has 1 heterocycles. The van der Waals surface area contributed by atoms with Crippen molar-refractivity contribution in [2.75, 3.05) is 0 Å². The number of hydrogen-bond donors (Lipinski definition) is 2. The molecule has 0 unspecified atom stereocenters. The molecule has 1 fully saturated rings. The number of amidine groups is 1. The minimum atomic E-state index is -0.279. The van der Waals surface area contributed by atoms with Gasteiger partial charge in [0.25, 0.3) is 0 Å². The molecule has 110 valence electrons. The Morgan fingerprint density at radius 3 is 2.71 bits per heavy atom. The fourth-order valence-electron chi connectivity index (χ4n) is 2.43. The van der Waals surface area contributed by atoms with E-state index in [1.807, 2.05) is 0 Å². The summed E-state index contributed by atoms with van der Waals surface area (Å²) in [6.07, 6.45) is 2.38. The van der Waals surface area contributed by atoms with E-state index in [1.165, 1.54) is 24.5 Å². The first-order chi connectivity index (χ1) is 10.1. The largest absolute Gasteiger partial charge is 0.384 e. The number of nitrogens with two attached hydrogens (primary N) is 1. The van der Waals surface area contributed by atoms with E-state index >= 15 is 0 Å². The molecule has 0 radical (unpaired) electrons. The van der Waals surface area contributed by atoms with Crippen LogP contribution in [0.2, 0.25) is 0 Å². The van der Waals surface area contributed by atoms with Crippen LogP contribution in [0.15, 0.2) is 35.0 Å². The van der Waals surface area contributed by atoms with Crippen LogP contribution >= 0.6 is 11.3 Å². The molecule has 5 heteroatoms. The van der Waals surface area contributed by atoms with Gasteiger partial charge in [0.1, 0.15) is 11.7 Å².